The van der Waals surface area contributed by atoms with Crippen LogP contribution in [0.25, 0.3) is 22.4 Å². The molecule has 0 spiro atoms. The second-order valence-electron chi connectivity index (χ2n) is 5.81. The molecule has 0 fully saturated rings. The van der Waals surface area contributed by atoms with E-state index in [-0.39, 0.29) is 22.2 Å². The van der Waals surface area contributed by atoms with Gasteiger partial charge in [-0.3, -0.25) is 0 Å². The second kappa shape index (κ2) is 7.23. The molecule has 4 nitrogen and oxygen atoms in total. The molecule has 0 unspecified atom stereocenters. The summed E-state index contributed by atoms with van der Waals surface area (Å²) in [5, 5.41) is 0.725. The van der Waals surface area contributed by atoms with Gasteiger partial charge in [0.1, 0.15) is 17.1 Å². The Morgan fingerprint density at radius 3 is 2.57 bits per heavy atom. The van der Waals surface area contributed by atoms with Crippen LogP contribution in [0, 0.1) is 5.82 Å². The van der Waals surface area contributed by atoms with Gasteiger partial charge in [-0.15, -0.1) is 0 Å². The smallest absolute Gasteiger partial charge is 0.444 e. The van der Waals surface area contributed by atoms with E-state index in [1.54, 1.807) is 24.3 Å². The number of hydrogen-bond acceptors (Lipinski definition) is 5. The highest BCUT2D eigenvalue weighted by molar-refractivity contribution is 7.98. The lowest BCUT2D eigenvalue weighted by molar-refractivity contribution is -0.145. The average molecular weight is 405 g/mol. The lowest BCUT2D eigenvalue weighted by Crippen LogP contribution is -2.11. The number of nitrogens with zero attached hydrogens (tertiary/aromatic N) is 3. The Bertz CT molecular complexity index is 1140. The highest BCUT2D eigenvalue weighted by atomic mass is 32.2. The monoisotopic (exact) mass is 405 g/mol. The third-order valence-corrected chi connectivity index (χ3v) is 4.83. The summed E-state index contributed by atoms with van der Waals surface area (Å²) in [7, 11) is 0. The summed E-state index contributed by atoms with van der Waals surface area (Å²) in [6, 6.07) is 12.3. The summed E-state index contributed by atoms with van der Waals surface area (Å²) in [4.78, 5) is 11.5. The van der Waals surface area contributed by atoms with Crippen molar-refractivity contribution < 1.29 is 22.0 Å². The molecule has 0 saturated carbocycles. The molecule has 0 aliphatic rings. The van der Waals surface area contributed by atoms with Crippen LogP contribution >= 0.6 is 11.8 Å². The Labute approximate surface area is 160 Å². The first-order valence-electron chi connectivity index (χ1n) is 8.07. The predicted molar refractivity (Wildman–Crippen MR) is 96.0 cm³/mol. The van der Waals surface area contributed by atoms with Crippen molar-refractivity contribution in [3.05, 3.63) is 72.1 Å². The van der Waals surface area contributed by atoms with Crippen LogP contribution < -0.4 is 0 Å². The minimum atomic E-state index is -4.64. The zero-order valence-electron chi connectivity index (χ0n) is 14.1. The van der Waals surface area contributed by atoms with Crippen molar-refractivity contribution in [2.45, 2.75) is 17.0 Å². The van der Waals surface area contributed by atoms with Gasteiger partial charge < -0.3 is 4.42 Å². The molecule has 4 rings (SSSR count). The number of alkyl halides is 3. The van der Waals surface area contributed by atoms with Crippen LogP contribution in [0.1, 0.15) is 11.5 Å². The lowest BCUT2D eigenvalue weighted by Gasteiger charge is -2.09. The summed E-state index contributed by atoms with van der Waals surface area (Å²) in [6.45, 7) is 0. The third-order valence-electron chi connectivity index (χ3n) is 3.80. The molecule has 0 saturated heterocycles. The van der Waals surface area contributed by atoms with Gasteiger partial charge >= 0.3 is 6.18 Å². The number of aromatic nitrogens is 3. The molecule has 0 N–H and O–H groups in total. The number of oxazole rings is 1. The van der Waals surface area contributed by atoms with Crippen LogP contribution in [0.3, 0.4) is 0 Å². The van der Waals surface area contributed by atoms with Crippen LogP contribution in [0.4, 0.5) is 17.6 Å². The SMILES string of the molecule is Fc1cccc(-c2nc(CSc3nc(C(F)(F)F)nc4ccccc34)co2)c1. The molecule has 0 amide bonds. The number of hydrogen-bond donors (Lipinski definition) is 0. The summed E-state index contributed by atoms with van der Waals surface area (Å²) in [6.07, 6.45) is -3.25. The van der Waals surface area contributed by atoms with Crippen molar-refractivity contribution in [3.8, 4) is 11.5 Å². The molecule has 4 aromatic rings. The Morgan fingerprint density at radius 2 is 1.79 bits per heavy atom. The maximum atomic E-state index is 13.3. The van der Waals surface area contributed by atoms with E-state index in [0.29, 0.717) is 16.6 Å². The highest BCUT2D eigenvalue weighted by Crippen LogP contribution is 2.33. The maximum absolute atomic E-state index is 13.3. The first-order valence-corrected chi connectivity index (χ1v) is 9.06. The third kappa shape index (κ3) is 3.84. The quantitative estimate of drug-likeness (QED) is 0.246. The van der Waals surface area contributed by atoms with Gasteiger partial charge in [-0.1, -0.05) is 36.0 Å². The molecule has 0 aliphatic carbocycles. The minimum Gasteiger partial charge on any atom is -0.444 e. The van der Waals surface area contributed by atoms with Gasteiger partial charge in [-0.25, -0.2) is 19.3 Å². The predicted octanol–water partition coefficient (Wildman–Crippen LogP) is 5.74. The minimum absolute atomic E-state index is 0.202. The number of halogens is 4. The lowest BCUT2D eigenvalue weighted by atomic mass is 10.2. The van der Waals surface area contributed by atoms with Gasteiger partial charge in [0.05, 0.1) is 11.2 Å². The average Bonchev–Trinajstić information content (AvgIpc) is 3.14. The van der Waals surface area contributed by atoms with E-state index in [4.69, 9.17) is 4.42 Å². The first kappa shape index (κ1) is 18.4. The highest BCUT2D eigenvalue weighted by Gasteiger charge is 2.35. The number of para-hydroxylation sites is 1. The molecular formula is C19H11F4N3OS. The van der Waals surface area contributed by atoms with Crippen molar-refractivity contribution in [2.24, 2.45) is 0 Å². The first-order chi connectivity index (χ1) is 13.4. The van der Waals surface area contributed by atoms with Crippen molar-refractivity contribution in [3.63, 3.8) is 0 Å². The zero-order valence-corrected chi connectivity index (χ0v) is 14.9. The molecule has 9 heteroatoms. The van der Waals surface area contributed by atoms with Crippen LogP contribution in [0.15, 0.2) is 64.2 Å². The van der Waals surface area contributed by atoms with Gasteiger partial charge in [-0.2, -0.15) is 13.2 Å². The van der Waals surface area contributed by atoms with Crippen molar-refractivity contribution in [1.82, 2.24) is 15.0 Å². The molecule has 142 valence electrons. The Hall–Kier alpha value is -2.94. The largest absolute Gasteiger partial charge is 0.451 e. The van der Waals surface area contributed by atoms with E-state index >= 15 is 0 Å². The fourth-order valence-electron chi connectivity index (χ4n) is 2.55. The van der Waals surface area contributed by atoms with E-state index in [1.807, 2.05) is 0 Å². The molecule has 2 heterocycles. The summed E-state index contributed by atoms with van der Waals surface area (Å²) < 4.78 is 58.0. The standard InChI is InChI=1S/C19H11F4N3OS/c20-12-5-3-4-11(8-12)16-24-13(9-27-16)10-28-17-14-6-1-2-7-15(14)25-18(26-17)19(21,22)23/h1-9H,10H2. The summed E-state index contributed by atoms with van der Waals surface area (Å²) in [5.41, 5.74) is 1.19. The van der Waals surface area contributed by atoms with E-state index in [9.17, 15) is 17.6 Å². The van der Waals surface area contributed by atoms with Crippen LogP contribution in [-0.4, -0.2) is 15.0 Å². The fraction of sp³-hybridized carbons (Fsp3) is 0.105. The van der Waals surface area contributed by atoms with E-state index in [0.717, 1.165) is 11.8 Å². The van der Waals surface area contributed by atoms with E-state index in [2.05, 4.69) is 15.0 Å². The number of thioether (sulfide) groups is 1. The van der Waals surface area contributed by atoms with Gasteiger partial charge in [0.25, 0.3) is 0 Å². The number of benzene rings is 2. The molecule has 2 aromatic carbocycles. The topological polar surface area (TPSA) is 51.8 Å². The fourth-order valence-corrected chi connectivity index (χ4v) is 3.45. The molecule has 0 bridgehead atoms. The normalized spacial score (nSPS) is 11.9. The van der Waals surface area contributed by atoms with Gasteiger partial charge in [0.2, 0.25) is 11.7 Å². The summed E-state index contributed by atoms with van der Waals surface area (Å²) >= 11 is 1.10. The number of fused-ring (bicyclic) bond motifs is 1. The number of rotatable bonds is 4. The molecule has 0 aliphatic heterocycles. The summed E-state index contributed by atoms with van der Waals surface area (Å²) in [5.74, 6) is -1.14. The Kier molecular flexibility index (Phi) is 4.76. The van der Waals surface area contributed by atoms with Gasteiger partial charge in [-0.05, 0) is 24.3 Å². The molecular weight excluding hydrogens is 394 g/mol. The molecule has 0 radical (unpaired) electrons. The Morgan fingerprint density at radius 1 is 0.964 bits per heavy atom. The zero-order chi connectivity index (χ0) is 19.7. The van der Waals surface area contributed by atoms with E-state index < -0.39 is 17.8 Å². The molecule has 0 atom stereocenters. The van der Waals surface area contributed by atoms with Crippen molar-refractivity contribution in [2.75, 3.05) is 0 Å². The van der Waals surface area contributed by atoms with Crippen molar-refractivity contribution in [1.29, 1.82) is 0 Å². The van der Waals surface area contributed by atoms with E-state index in [1.165, 1.54) is 30.5 Å². The second-order valence-corrected chi connectivity index (χ2v) is 6.77. The Balaban J connectivity index is 1.61. The van der Waals surface area contributed by atoms with Crippen LogP contribution in [0.2, 0.25) is 0 Å². The van der Waals surface area contributed by atoms with Gasteiger partial charge in [0, 0.05) is 16.7 Å². The maximum Gasteiger partial charge on any atom is 0.451 e. The molecule has 2 aromatic heterocycles. The van der Waals surface area contributed by atoms with Crippen LogP contribution in [0.5, 0.6) is 0 Å². The van der Waals surface area contributed by atoms with Crippen molar-refractivity contribution >= 4 is 22.7 Å². The van der Waals surface area contributed by atoms with Gasteiger partial charge in [0.15, 0.2) is 0 Å². The molecule has 28 heavy (non-hydrogen) atoms. The van der Waals surface area contributed by atoms with Crippen LogP contribution in [-0.2, 0) is 11.9 Å².